The minimum absolute atomic E-state index is 0.0185. The van der Waals surface area contributed by atoms with E-state index in [9.17, 15) is 34.8 Å². The van der Waals surface area contributed by atoms with Gasteiger partial charge in [-0.25, -0.2) is 4.98 Å². The number of methoxy groups -OCH3 is 1. The molecule has 6 rings (SSSR count). The first kappa shape index (κ1) is 51.4. The van der Waals surface area contributed by atoms with Crippen LogP contribution in [-0.4, -0.2) is 123 Å². The van der Waals surface area contributed by atoms with Crippen LogP contribution >= 0.6 is 0 Å². The standard InChI is InChI=1S/C43H51N3O11.C6H14O3/c1-19-14-16-46-28(18-19)44-32-29-30-37(50)25(7)40-31(29)41(52)43(9,57-40)55-17-15-27(54-10)22(4)39(56-26(8)47)24(6)36(49)23(5)35(48)20(2)12-11-13-21(3)42(53)45-33(34(32)46)38(30)51;1-2-8-5-6-9-4-3-7/h11-18,20,22-24,27,35-36,39,48-51H,1-10H3,(H,45,53);7H,2-6H2,1H3/b12-11+,17-15+,21-13-;/t20-,22+,23+,24+,27-,35-,36+,39+,43-;/m0./s1. The van der Waals surface area contributed by atoms with Gasteiger partial charge in [-0.3, -0.25) is 18.8 Å². The molecule has 0 saturated carbocycles. The summed E-state index contributed by atoms with van der Waals surface area (Å²) in [6, 6.07) is 3.64. The summed E-state index contributed by atoms with van der Waals surface area (Å²) >= 11 is 0. The maximum atomic E-state index is 14.6. The van der Waals surface area contributed by atoms with Crippen molar-refractivity contribution in [2.24, 2.45) is 23.7 Å². The number of ketones is 1. The smallest absolute Gasteiger partial charge is 0.312 e. The largest absolute Gasteiger partial charge is 0.507 e. The average molecular weight is 920 g/mol. The number of aromatic hydroxyl groups is 2. The number of rotatable bonds is 8. The summed E-state index contributed by atoms with van der Waals surface area (Å²) in [5.74, 6) is -6.96. The van der Waals surface area contributed by atoms with Gasteiger partial charge in [-0.05, 0) is 51.5 Å². The van der Waals surface area contributed by atoms with Gasteiger partial charge in [-0.2, -0.15) is 0 Å². The van der Waals surface area contributed by atoms with Crippen molar-refractivity contribution in [3.63, 3.8) is 0 Å². The Hall–Kier alpha value is -5.56. The fourth-order valence-electron chi connectivity index (χ4n) is 8.46. The third kappa shape index (κ3) is 10.5. The summed E-state index contributed by atoms with van der Waals surface area (Å²) in [5.41, 5.74) is 2.18. The molecule has 66 heavy (non-hydrogen) atoms. The zero-order valence-corrected chi connectivity index (χ0v) is 39.6. The molecule has 2 aromatic carbocycles. The summed E-state index contributed by atoms with van der Waals surface area (Å²) < 4.78 is 35.4. The van der Waals surface area contributed by atoms with Crippen LogP contribution in [0.5, 0.6) is 17.2 Å². The Balaban J connectivity index is 0.000000820. The highest BCUT2D eigenvalue weighted by atomic mass is 16.7. The zero-order valence-electron chi connectivity index (χ0n) is 39.6. The lowest BCUT2D eigenvalue weighted by Gasteiger charge is -2.38. The Bertz CT molecular complexity index is 2510. The molecule has 17 heteroatoms. The Morgan fingerprint density at radius 1 is 0.955 bits per heavy atom. The lowest BCUT2D eigenvalue weighted by molar-refractivity contribution is -0.160. The van der Waals surface area contributed by atoms with Gasteiger partial charge in [0.25, 0.3) is 11.7 Å². The molecular formula is C49H65N3O14. The molecule has 0 spiro atoms. The number of benzene rings is 2. The molecule has 4 bridgehead atoms. The molecule has 0 aliphatic carbocycles. The fourth-order valence-corrected chi connectivity index (χ4v) is 8.46. The van der Waals surface area contributed by atoms with Crippen LogP contribution in [0.25, 0.3) is 27.5 Å². The monoisotopic (exact) mass is 919 g/mol. The van der Waals surface area contributed by atoms with Crippen LogP contribution in [0, 0.1) is 37.5 Å². The van der Waals surface area contributed by atoms with Crippen molar-refractivity contribution in [2.75, 3.05) is 45.5 Å². The number of hydrogen-bond donors (Lipinski definition) is 6. The van der Waals surface area contributed by atoms with Crippen molar-refractivity contribution in [2.45, 2.75) is 99.4 Å². The van der Waals surface area contributed by atoms with Gasteiger partial charge in [-0.15, -0.1) is 0 Å². The molecule has 6 N–H and O–H groups in total. The van der Waals surface area contributed by atoms with Gasteiger partial charge in [0.1, 0.15) is 40.0 Å². The van der Waals surface area contributed by atoms with Gasteiger partial charge in [0.05, 0.1) is 62.0 Å². The van der Waals surface area contributed by atoms with Crippen LogP contribution in [0.1, 0.15) is 76.9 Å². The lowest BCUT2D eigenvalue weighted by atomic mass is 9.78. The van der Waals surface area contributed by atoms with Crippen LogP contribution in [0.15, 0.2) is 54.5 Å². The van der Waals surface area contributed by atoms with Crippen molar-refractivity contribution in [1.29, 1.82) is 0 Å². The number of carbonyl (C=O) groups excluding carboxylic acids is 3. The van der Waals surface area contributed by atoms with E-state index in [4.69, 9.17) is 38.5 Å². The molecular weight excluding hydrogens is 855 g/mol. The number of anilines is 1. The Kier molecular flexibility index (Phi) is 17.0. The first-order chi connectivity index (χ1) is 31.2. The number of aliphatic hydroxyl groups excluding tert-OH is 3. The van der Waals surface area contributed by atoms with Crippen LogP contribution in [0.4, 0.5) is 5.69 Å². The molecule has 2 aliphatic rings. The second-order valence-corrected chi connectivity index (χ2v) is 17.1. The van der Waals surface area contributed by atoms with Crippen LogP contribution in [-0.2, 0) is 33.3 Å². The normalized spacial score (nSPS) is 28.0. The molecule has 4 heterocycles. The first-order valence-electron chi connectivity index (χ1n) is 22.1. The molecule has 0 unspecified atom stereocenters. The highest BCUT2D eigenvalue weighted by molar-refractivity contribution is 6.28. The molecule has 9 atom stereocenters. The third-order valence-electron chi connectivity index (χ3n) is 12.3. The Morgan fingerprint density at radius 3 is 2.30 bits per heavy atom. The van der Waals surface area contributed by atoms with Gasteiger partial charge in [0, 0.05) is 74.0 Å². The van der Waals surface area contributed by atoms with Gasteiger partial charge in [-0.1, -0.05) is 45.9 Å². The SMILES string of the molecule is CCOCCOCCO.CO[C@H]1/C=C/O[C@@]2(C)Oc3c(C)c(O)c4c(O)c(c5c(nc6cc(C)ccn65)c4c3C2=O)NC(=O)/C(C)=C\C=C\[C@H](C)[C@H](O)[C@@H](C)[C@@H](O)[C@@H](C)[C@H](OC(C)=O)[C@@H]1C. The van der Waals surface area contributed by atoms with E-state index in [0.717, 1.165) is 12.2 Å². The van der Waals surface area contributed by atoms with E-state index in [-0.39, 0.29) is 62.3 Å². The van der Waals surface area contributed by atoms with Crippen molar-refractivity contribution < 1.29 is 68.3 Å². The highest BCUT2D eigenvalue weighted by Crippen LogP contribution is 2.54. The number of fused-ring (bicyclic) bond motifs is 2. The first-order valence-corrected chi connectivity index (χ1v) is 22.1. The number of nitrogens with one attached hydrogen (secondary N) is 1. The maximum Gasteiger partial charge on any atom is 0.312 e. The number of imidazole rings is 1. The fraction of sp³-hybridized carbons (Fsp3) is 0.510. The number of aliphatic hydroxyl groups is 3. The number of Topliss-reactive ketones (excluding diaryl/α,β-unsaturated/α-hetero) is 1. The second-order valence-electron chi connectivity index (χ2n) is 17.1. The Labute approximate surface area is 384 Å². The van der Waals surface area contributed by atoms with E-state index in [0.29, 0.717) is 25.5 Å². The lowest BCUT2D eigenvalue weighted by Crippen LogP contribution is -2.46. The summed E-state index contributed by atoms with van der Waals surface area (Å²) in [6.07, 6.45) is 5.62. The van der Waals surface area contributed by atoms with Crippen LogP contribution in [0.3, 0.4) is 0 Å². The number of phenols is 2. The van der Waals surface area contributed by atoms with E-state index in [1.165, 1.54) is 40.2 Å². The molecule has 2 aromatic heterocycles. The predicted octanol–water partition coefficient (Wildman–Crippen LogP) is 6.19. The second kappa shape index (κ2) is 21.8. The molecule has 1 amide bonds. The number of nitrogens with zero attached hydrogens (tertiary/aromatic N) is 2. The van der Waals surface area contributed by atoms with Crippen molar-refractivity contribution >= 4 is 50.8 Å². The molecule has 17 nitrogen and oxygen atoms in total. The third-order valence-corrected chi connectivity index (χ3v) is 12.3. The number of hydrogen-bond acceptors (Lipinski definition) is 15. The van der Waals surface area contributed by atoms with Gasteiger partial charge >= 0.3 is 11.8 Å². The summed E-state index contributed by atoms with van der Waals surface area (Å²) in [7, 11) is 1.46. The number of allylic oxidation sites excluding steroid dienone is 2. The number of pyridine rings is 1. The topological polar surface area (TPSA) is 237 Å². The summed E-state index contributed by atoms with van der Waals surface area (Å²) in [6.45, 7) is 19.1. The quantitative estimate of drug-likeness (QED) is 0.0657. The number of aryl methyl sites for hydroxylation is 1. The summed E-state index contributed by atoms with van der Waals surface area (Å²) in [4.78, 5) is 45.6. The molecule has 0 saturated heterocycles. The van der Waals surface area contributed by atoms with Crippen molar-refractivity contribution in [3.05, 3.63) is 71.2 Å². The van der Waals surface area contributed by atoms with E-state index < -0.39 is 77.3 Å². The van der Waals surface area contributed by atoms with Crippen molar-refractivity contribution in [1.82, 2.24) is 9.38 Å². The minimum atomic E-state index is -1.96. The van der Waals surface area contributed by atoms with E-state index in [2.05, 4.69) is 5.32 Å². The molecule has 360 valence electrons. The number of carbonyl (C=O) groups is 3. The number of amides is 1. The maximum absolute atomic E-state index is 14.6. The summed E-state index contributed by atoms with van der Waals surface area (Å²) in [5, 5.41) is 57.6. The average Bonchev–Trinajstić information content (AvgIpc) is 3.78. The zero-order chi connectivity index (χ0) is 48.8. The molecule has 0 fully saturated rings. The van der Waals surface area contributed by atoms with Crippen LogP contribution in [0.2, 0.25) is 0 Å². The number of esters is 1. The van der Waals surface area contributed by atoms with Gasteiger partial charge in [0.2, 0.25) is 0 Å². The van der Waals surface area contributed by atoms with E-state index >= 15 is 0 Å². The minimum Gasteiger partial charge on any atom is -0.507 e. The van der Waals surface area contributed by atoms with Gasteiger partial charge in [0.15, 0.2) is 5.75 Å². The van der Waals surface area contributed by atoms with Gasteiger partial charge < -0.3 is 59.3 Å². The molecule has 4 aromatic rings. The Morgan fingerprint density at radius 2 is 1.65 bits per heavy atom. The predicted molar refractivity (Wildman–Crippen MR) is 248 cm³/mol. The van der Waals surface area contributed by atoms with Crippen molar-refractivity contribution in [3.8, 4) is 17.2 Å². The van der Waals surface area contributed by atoms with E-state index in [1.54, 1.807) is 63.4 Å². The van der Waals surface area contributed by atoms with E-state index in [1.807, 2.05) is 26.0 Å². The number of phenolic OH excluding ortho intramolecular Hbond substituents is 2. The van der Waals surface area contributed by atoms with Crippen LogP contribution < -0.4 is 10.1 Å². The number of ether oxygens (including phenoxy) is 6. The number of aromatic nitrogens is 2. The molecule has 0 radical (unpaired) electrons. The molecule has 2 aliphatic heterocycles. The highest BCUT2D eigenvalue weighted by Gasteiger charge is 2.50.